The van der Waals surface area contributed by atoms with E-state index in [9.17, 15) is 4.39 Å². The number of oxazole rings is 1. The van der Waals surface area contributed by atoms with Crippen LogP contribution >= 0.6 is 0 Å². The van der Waals surface area contributed by atoms with Crippen LogP contribution in [0, 0.1) is 12.7 Å². The molecule has 4 rings (SSSR count). The van der Waals surface area contributed by atoms with Gasteiger partial charge in [-0.25, -0.2) is 14.4 Å². The number of nitrogens with zero attached hydrogens (tertiary/aromatic N) is 3. The third-order valence-electron chi connectivity index (χ3n) is 4.18. The molecule has 2 aromatic carbocycles. The molecule has 0 aliphatic rings. The maximum absolute atomic E-state index is 13.1. The van der Waals surface area contributed by atoms with Crippen molar-refractivity contribution in [1.82, 2.24) is 14.5 Å². The summed E-state index contributed by atoms with van der Waals surface area (Å²) >= 11 is 0. The summed E-state index contributed by atoms with van der Waals surface area (Å²) in [6.45, 7) is 3.20. The third-order valence-corrected chi connectivity index (χ3v) is 4.18. The van der Waals surface area contributed by atoms with Crippen molar-refractivity contribution in [2.24, 2.45) is 0 Å². The molecule has 6 nitrogen and oxygen atoms in total. The molecule has 4 aromatic rings. The minimum atomic E-state index is -0.293. The number of nitrogens with one attached hydrogen (secondary N) is 1. The number of hydrogen-bond donors (Lipinski definition) is 1. The number of anilines is 2. The highest BCUT2D eigenvalue weighted by molar-refractivity contribution is 5.64. The highest BCUT2D eigenvalue weighted by atomic mass is 19.1. The molecule has 28 heavy (non-hydrogen) atoms. The standard InChI is InChI=1S/C21H19FN4O2/c1-15-2-7-19(27-11-10-26-9-8-23-14-26)18(12-15)25-21-24-13-20(28-21)16-3-5-17(22)6-4-16/h2-9,12-14H,10-11H2,1H3,(H,24,25). The lowest BCUT2D eigenvalue weighted by molar-refractivity contribution is 0.299. The number of halogens is 1. The van der Waals surface area contributed by atoms with Gasteiger partial charge in [0.05, 0.1) is 24.8 Å². The molecule has 2 heterocycles. The molecule has 2 aromatic heterocycles. The summed E-state index contributed by atoms with van der Waals surface area (Å²) in [5, 5.41) is 3.16. The van der Waals surface area contributed by atoms with E-state index in [0.717, 1.165) is 16.8 Å². The van der Waals surface area contributed by atoms with Crippen molar-refractivity contribution in [3.8, 4) is 17.1 Å². The number of aryl methyl sites for hydroxylation is 1. The number of rotatable bonds is 7. The minimum absolute atomic E-state index is 0.293. The molecular formula is C21H19FN4O2. The average molecular weight is 378 g/mol. The van der Waals surface area contributed by atoms with Gasteiger partial charge in [0.25, 0.3) is 6.01 Å². The highest BCUT2D eigenvalue weighted by Gasteiger charge is 2.10. The first-order valence-corrected chi connectivity index (χ1v) is 8.85. The van der Waals surface area contributed by atoms with E-state index in [-0.39, 0.29) is 5.82 Å². The fourth-order valence-corrected chi connectivity index (χ4v) is 2.74. The maximum Gasteiger partial charge on any atom is 0.299 e. The topological polar surface area (TPSA) is 65.1 Å². The van der Waals surface area contributed by atoms with Crippen molar-refractivity contribution in [3.63, 3.8) is 0 Å². The number of ether oxygens (including phenoxy) is 1. The number of imidazole rings is 1. The zero-order valence-electron chi connectivity index (χ0n) is 15.3. The number of benzene rings is 2. The Labute approximate surface area is 161 Å². The Bertz CT molecular complexity index is 1040. The van der Waals surface area contributed by atoms with Crippen LogP contribution in [0.1, 0.15) is 5.56 Å². The molecule has 0 saturated carbocycles. The summed E-state index contributed by atoms with van der Waals surface area (Å²) in [6, 6.07) is 12.3. The Hall–Kier alpha value is -3.61. The van der Waals surface area contributed by atoms with Gasteiger partial charge >= 0.3 is 0 Å². The molecule has 142 valence electrons. The zero-order valence-corrected chi connectivity index (χ0v) is 15.3. The van der Waals surface area contributed by atoms with E-state index in [1.54, 1.807) is 30.9 Å². The van der Waals surface area contributed by atoms with E-state index in [0.29, 0.717) is 30.7 Å². The van der Waals surface area contributed by atoms with Crippen LogP contribution in [-0.4, -0.2) is 21.1 Å². The molecule has 0 radical (unpaired) electrons. The van der Waals surface area contributed by atoms with Crippen molar-refractivity contribution in [1.29, 1.82) is 0 Å². The second-order valence-electron chi connectivity index (χ2n) is 6.31. The summed E-state index contributed by atoms with van der Waals surface area (Å²) in [6.07, 6.45) is 6.98. The molecule has 0 bridgehead atoms. The van der Waals surface area contributed by atoms with E-state index >= 15 is 0 Å². The van der Waals surface area contributed by atoms with Crippen molar-refractivity contribution >= 4 is 11.7 Å². The van der Waals surface area contributed by atoms with E-state index in [4.69, 9.17) is 9.15 Å². The minimum Gasteiger partial charge on any atom is -0.490 e. The first kappa shape index (κ1) is 17.8. The zero-order chi connectivity index (χ0) is 19.3. The molecule has 0 unspecified atom stereocenters. The van der Waals surface area contributed by atoms with Gasteiger partial charge in [0.15, 0.2) is 5.76 Å². The lowest BCUT2D eigenvalue weighted by Gasteiger charge is -2.12. The van der Waals surface area contributed by atoms with Gasteiger partial charge in [-0.3, -0.25) is 0 Å². The number of hydrogen-bond acceptors (Lipinski definition) is 5. The normalized spacial score (nSPS) is 10.8. The Kier molecular flexibility index (Phi) is 5.05. The molecular weight excluding hydrogens is 359 g/mol. The molecule has 0 aliphatic carbocycles. The van der Waals surface area contributed by atoms with Gasteiger partial charge in [-0.1, -0.05) is 6.07 Å². The summed E-state index contributed by atoms with van der Waals surface area (Å²) in [5.74, 6) is 0.962. The SMILES string of the molecule is Cc1ccc(OCCn2ccnc2)c(Nc2ncc(-c3ccc(F)cc3)o2)c1. The van der Waals surface area contributed by atoms with E-state index < -0.39 is 0 Å². The molecule has 0 saturated heterocycles. The Balaban J connectivity index is 1.48. The van der Waals surface area contributed by atoms with Crippen molar-refractivity contribution in [2.45, 2.75) is 13.5 Å². The van der Waals surface area contributed by atoms with Gasteiger partial charge in [0.2, 0.25) is 0 Å². The van der Waals surface area contributed by atoms with Gasteiger partial charge in [-0.05, 0) is 48.9 Å². The second-order valence-corrected chi connectivity index (χ2v) is 6.31. The van der Waals surface area contributed by atoms with Crippen LogP contribution in [0.15, 0.2) is 71.8 Å². The van der Waals surface area contributed by atoms with Gasteiger partial charge in [0.1, 0.15) is 18.2 Å². The predicted molar refractivity (Wildman–Crippen MR) is 104 cm³/mol. The van der Waals surface area contributed by atoms with Crippen LogP contribution < -0.4 is 10.1 Å². The fraction of sp³-hybridized carbons (Fsp3) is 0.143. The maximum atomic E-state index is 13.1. The molecule has 0 aliphatic heterocycles. The van der Waals surface area contributed by atoms with Gasteiger partial charge in [0, 0.05) is 18.0 Å². The number of aromatic nitrogens is 3. The van der Waals surface area contributed by atoms with Crippen LogP contribution in [0.4, 0.5) is 16.1 Å². The van der Waals surface area contributed by atoms with Crippen LogP contribution in [-0.2, 0) is 6.54 Å². The molecule has 0 fully saturated rings. The molecule has 1 N–H and O–H groups in total. The van der Waals surface area contributed by atoms with Crippen LogP contribution in [0.25, 0.3) is 11.3 Å². The first-order valence-electron chi connectivity index (χ1n) is 8.85. The molecule has 0 amide bonds. The quantitative estimate of drug-likeness (QED) is 0.500. The Morgan fingerprint density at radius 1 is 1.18 bits per heavy atom. The summed E-state index contributed by atoms with van der Waals surface area (Å²) in [7, 11) is 0. The Morgan fingerprint density at radius 2 is 2.04 bits per heavy atom. The lowest BCUT2D eigenvalue weighted by Crippen LogP contribution is -2.07. The van der Waals surface area contributed by atoms with Crippen molar-refractivity contribution in [2.75, 3.05) is 11.9 Å². The smallest absolute Gasteiger partial charge is 0.299 e. The molecule has 0 spiro atoms. The van der Waals surface area contributed by atoms with Crippen molar-refractivity contribution in [3.05, 3.63) is 78.8 Å². The van der Waals surface area contributed by atoms with Crippen LogP contribution in [0.5, 0.6) is 5.75 Å². The summed E-state index contributed by atoms with van der Waals surface area (Å²) in [4.78, 5) is 8.28. The monoisotopic (exact) mass is 378 g/mol. The second kappa shape index (κ2) is 7.96. The summed E-state index contributed by atoms with van der Waals surface area (Å²) in [5.41, 5.74) is 2.59. The molecule has 7 heteroatoms. The first-order chi connectivity index (χ1) is 13.7. The fourth-order valence-electron chi connectivity index (χ4n) is 2.74. The third kappa shape index (κ3) is 4.20. The predicted octanol–water partition coefficient (Wildman–Crippen LogP) is 4.81. The van der Waals surface area contributed by atoms with E-state index in [1.807, 2.05) is 35.9 Å². The van der Waals surface area contributed by atoms with Crippen LogP contribution in [0.2, 0.25) is 0 Å². The largest absolute Gasteiger partial charge is 0.490 e. The van der Waals surface area contributed by atoms with E-state index in [1.165, 1.54) is 12.1 Å². The van der Waals surface area contributed by atoms with Crippen molar-refractivity contribution < 1.29 is 13.5 Å². The summed E-state index contributed by atoms with van der Waals surface area (Å²) < 4.78 is 26.7. The molecule has 0 atom stereocenters. The lowest BCUT2D eigenvalue weighted by atomic mass is 10.2. The van der Waals surface area contributed by atoms with Gasteiger partial charge in [-0.2, -0.15) is 0 Å². The highest BCUT2D eigenvalue weighted by Crippen LogP contribution is 2.30. The Morgan fingerprint density at radius 3 is 2.82 bits per heavy atom. The average Bonchev–Trinajstić information content (AvgIpc) is 3.36. The van der Waals surface area contributed by atoms with E-state index in [2.05, 4.69) is 15.3 Å². The van der Waals surface area contributed by atoms with Gasteiger partial charge < -0.3 is 19.0 Å². The van der Waals surface area contributed by atoms with Crippen LogP contribution in [0.3, 0.4) is 0 Å². The van der Waals surface area contributed by atoms with Gasteiger partial charge in [-0.15, -0.1) is 0 Å².